The number of carbonyl (C=O) groups excluding carboxylic acids is 1. The molecule has 0 radical (unpaired) electrons. The fraction of sp³-hybridized carbons (Fsp3) is 0.812. The number of nitrogens with two attached hydrogens (primary N) is 1. The molecule has 1 amide bonds. The lowest BCUT2D eigenvalue weighted by Gasteiger charge is -2.19. The molecule has 1 aliphatic heterocycles. The van der Waals surface area contributed by atoms with Crippen molar-refractivity contribution in [3.8, 4) is 0 Å². The number of carbonyl (C=O) groups is 1. The summed E-state index contributed by atoms with van der Waals surface area (Å²) >= 11 is 5.48. The van der Waals surface area contributed by atoms with Crippen molar-refractivity contribution in [1.82, 2.24) is 19.2 Å². The molecule has 1 atom stereocenters. The molecule has 0 aromatic carbocycles. The van der Waals surface area contributed by atoms with Crippen LogP contribution >= 0.6 is 12.2 Å². The molecular weight excluding hydrogens is 310 g/mol. The summed E-state index contributed by atoms with van der Waals surface area (Å²) in [6.45, 7) is 5.22. The number of nitrogens with zero attached hydrogens (tertiary/aromatic N) is 4. The minimum atomic E-state index is -0.306. The lowest BCUT2D eigenvalue weighted by atomic mass is 9.96. The van der Waals surface area contributed by atoms with Gasteiger partial charge in [-0.15, -0.1) is 0 Å². The second-order valence-electron chi connectivity index (χ2n) is 6.57. The van der Waals surface area contributed by atoms with Gasteiger partial charge in [0.1, 0.15) is 5.82 Å². The van der Waals surface area contributed by atoms with Crippen LogP contribution in [-0.2, 0) is 24.9 Å². The van der Waals surface area contributed by atoms with Crippen LogP contribution in [0.2, 0.25) is 0 Å². The van der Waals surface area contributed by atoms with Gasteiger partial charge in [0, 0.05) is 26.4 Å². The number of amides is 1. The molecule has 1 aromatic heterocycles. The zero-order valence-electron chi connectivity index (χ0n) is 14.3. The molecule has 1 aromatic rings. The van der Waals surface area contributed by atoms with Crippen LogP contribution in [0, 0.1) is 10.7 Å². The number of aryl methyl sites for hydroxylation is 1. The van der Waals surface area contributed by atoms with Crippen molar-refractivity contribution in [2.45, 2.75) is 58.5 Å². The summed E-state index contributed by atoms with van der Waals surface area (Å²) in [5.41, 5.74) is 5.22. The summed E-state index contributed by atoms with van der Waals surface area (Å²) in [7, 11) is 1.90. The first-order valence-electron chi connectivity index (χ1n) is 8.64. The highest BCUT2D eigenvalue weighted by Gasteiger charge is 2.18. The Kier molecular flexibility index (Phi) is 6.77. The van der Waals surface area contributed by atoms with E-state index in [0.717, 1.165) is 31.5 Å². The van der Waals surface area contributed by atoms with Gasteiger partial charge in [0.05, 0.1) is 6.67 Å². The second kappa shape index (κ2) is 8.59. The van der Waals surface area contributed by atoms with Gasteiger partial charge in [0.15, 0.2) is 4.77 Å². The molecule has 1 aliphatic rings. The van der Waals surface area contributed by atoms with Crippen LogP contribution < -0.4 is 5.73 Å². The average Bonchev–Trinajstić information content (AvgIpc) is 2.68. The van der Waals surface area contributed by atoms with Crippen LogP contribution in [0.25, 0.3) is 0 Å². The minimum absolute atomic E-state index is 0.306. The molecule has 6 nitrogen and oxygen atoms in total. The molecule has 2 heterocycles. The number of likely N-dealkylation sites (tertiary alicyclic amines) is 1. The Bertz CT molecular complexity index is 580. The van der Waals surface area contributed by atoms with E-state index < -0.39 is 0 Å². The lowest BCUT2D eigenvalue weighted by molar-refractivity contribution is -0.118. The fourth-order valence-corrected chi connectivity index (χ4v) is 3.53. The van der Waals surface area contributed by atoms with E-state index in [1.54, 1.807) is 0 Å². The summed E-state index contributed by atoms with van der Waals surface area (Å²) in [4.78, 5) is 13.4. The molecule has 7 heteroatoms. The van der Waals surface area contributed by atoms with Crippen LogP contribution in [-0.4, -0.2) is 38.2 Å². The maximum Gasteiger partial charge on any atom is 0.217 e. The topological polar surface area (TPSA) is 69.1 Å². The van der Waals surface area contributed by atoms with Crippen molar-refractivity contribution in [2.24, 2.45) is 18.7 Å². The maximum atomic E-state index is 11.0. The molecule has 0 unspecified atom stereocenters. The fourth-order valence-electron chi connectivity index (χ4n) is 3.33. The third kappa shape index (κ3) is 5.14. The highest BCUT2D eigenvalue weighted by atomic mass is 32.1. The molecule has 2 N–H and O–H groups in total. The number of aromatic nitrogens is 3. The number of hydrogen-bond donors (Lipinski definition) is 1. The molecule has 0 bridgehead atoms. The summed E-state index contributed by atoms with van der Waals surface area (Å²) in [5.74, 6) is 1.39. The molecule has 0 saturated carbocycles. The van der Waals surface area contributed by atoms with E-state index in [0.29, 0.717) is 17.6 Å². The first-order chi connectivity index (χ1) is 11.0. The van der Waals surface area contributed by atoms with Gasteiger partial charge in [-0.05, 0) is 43.9 Å². The van der Waals surface area contributed by atoms with Crippen molar-refractivity contribution in [3.63, 3.8) is 0 Å². The van der Waals surface area contributed by atoms with E-state index in [9.17, 15) is 4.79 Å². The van der Waals surface area contributed by atoms with Gasteiger partial charge in [-0.3, -0.25) is 9.69 Å². The monoisotopic (exact) mass is 339 g/mol. The second-order valence-corrected chi connectivity index (χ2v) is 6.93. The Hall–Kier alpha value is -1.21. The van der Waals surface area contributed by atoms with Gasteiger partial charge < -0.3 is 10.3 Å². The third-order valence-electron chi connectivity index (χ3n) is 4.70. The van der Waals surface area contributed by atoms with Gasteiger partial charge in [-0.1, -0.05) is 19.8 Å². The van der Waals surface area contributed by atoms with Crippen molar-refractivity contribution in [2.75, 3.05) is 13.1 Å². The van der Waals surface area contributed by atoms with Crippen LogP contribution in [0.15, 0.2) is 0 Å². The number of primary amides is 1. The quantitative estimate of drug-likeness (QED) is 0.774. The van der Waals surface area contributed by atoms with E-state index in [-0.39, 0.29) is 5.91 Å². The Balaban J connectivity index is 1.98. The summed E-state index contributed by atoms with van der Waals surface area (Å²) in [5, 5.41) is 4.59. The molecule has 0 spiro atoms. The van der Waals surface area contributed by atoms with Gasteiger partial charge >= 0.3 is 0 Å². The van der Waals surface area contributed by atoms with Crippen molar-refractivity contribution < 1.29 is 4.79 Å². The Morgan fingerprint density at radius 1 is 1.39 bits per heavy atom. The van der Waals surface area contributed by atoms with E-state index in [2.05, 4.69) is 16.9 Å². The SMILES string of the molecule is CCC[C@H]1CCCN(Cn2nc(CCC(N)=O)n(C)c2=S)CC1. The van der Waals surface area contributed by atoms with Crippen LogP contribution in [0.1, 0.15) is 51.3 Å². The van der Waals surface area contributed by atoms with E-state index in [1.807, 2.05) is 16.3 Å². The molecule has 1 fully saturated rings. The molecule has 0 aliphatic carbocycles. The predicted molar refractivity (Wildman–Crippen MR) is 93.4 cm³/mol. The van der Waals surface area contributed by atoms with Crippen LogP contribution in [0.3, 0.4) is 0 Å². The normalized spacial score (nSPS) is 19.7. The van der Waals surface area contributed by atoms with Gasteiger partial charge in [-0.25, -0.2) is 4.68 Å². The van der Waals surface area contributed by atoms with E-state index in [1.165, 1.54) is 32.1 Å². The number of hydrogen-bond acceptors (Lipinski definition) is 4. The Morgan fingerprint density at radius 2 is 2.17 bits per heavy atom. The zero-order valence-corrected chi connectivity index (χ0v) is 15.1. The van der Waals surface area contributed by atoms with Crippen molar-refractivity contribution in [1.29, 1.82) is 0 Å². The first kappa shape index (κ1) is 18.1. The molecule has 2 rings (SSSR count). The van der Waals surface area contributed by atoms with Gasteiger partial charge in [0.2, 0.25) is 5.91 Å². The summed E-state index contributed by atoms with van der Waals surface area (Å²) in [6.07, 6.45) is 7.32. The van der Waals surface area contributed by atoms with E-state index in [4.69, 9.17) is 18.0 Å². The minimum Gasteiger partial charge on any atom is -0.370 e. The first-order valence-corrected chi connectivity index (χ1v) is 9.05. The zero-order chi connectivity index (χ0) is 16.8. The molecule has 1 saturated heterocycles. The highest BCUT2D eigenvalue weighted by molar-refractivity contribution is 7.71. The van der Waals surface area contributed by atoms with Gasteiger partial charge in [0.25, 0.3) is 0 Å². The third-order valence-corrected chi connectivity index (χ3v) is 5.18. The largest absolute Gasteiger partial charge is 0.370 e. The molecule has 23 heavy (non-hydrogen) atoms. The average molecular weight is 340 g/mol. The molecular formula is C16H29N5OS. The Morgan fingerprint density at radius 3 is 2.87 bits per heavy atom. The van der Waals surface area contributed by atoms with Crippen molar-refractivity contribution in [3.05, 3.63) is 10.6 Å². The van der Waals surface area contributed by atoms with Crippen molar-refractivity contribution >= 4 is 18.1 Å². The lowest BCUT2D eigenvalue weighted by Crippen LogP contribution is -2.28. The maximum absolute atomic E-state index is 11.0. The summed E-state index contributed by atoms with van der Waals surface area (Å²) < 4.78 is 4.47. The summed E-state index contributed by atoms with van der Waals surface area (Å²) in [6, 6.07) is 0. The van der Waals surface area contributed by atoms with Gasteiger partial charge in [-0.2, -0.15) is 5.10 Å². The molecule has 130 valence electrons. The standard InChI is InChI=1S/C16H29N5OS/c1-3-5-13-6-4-10-20(11-9-13)12-21-16(23)19(2)15(18-21)8-7-14(17)22/h13H,3-12H2,1-2H3,(H2,17,22)/t13-/m0/s1. The Labute approximate surface area is 143 Å². The van der Waals surface area contributed by atoms with Crippen LogP contribution in [0.5, 0.6) is 0 Å². The smallest absolute Gasteiger partial charge is 0.217 e. The highest BCUT2D eigenvalue weighted by Crippen LogP contribution is 2.22. The number of rotatable bonds is 7. The predicted octanol–water partition coefficient (Wildman–Crippen LogP) is 2.23. The van der Waals surface area contributed by atoms with Crippen LogP contribution in [0.4, 0.5) is 0 Å². The van der Waals surface area contributed by atoms with E-state index >= 15 is 0 Å².